The van der Waals surface area contributed by atoms with Crippen LogP contribution >= 0.6 is 35.9 Å². The van der Waals surface area contributed by atoms with Crippen molar-refractivity contribution in [2.75, 3.05) is 75.7 Å². The number of rotatable bonds is 46. The molecule has 0 spiro atoms. The Labute approximate surface area is 420 Å². The van der Waals surface area contributed by atoms with Crippen molar-refractivity contribution in [3.05, 3.63) is 0 Å². The van der Waals surface area contributed by atoms with E-state index in [-0.39, 0.29) is 36.8 Å². The van der Waals surface area contributed by atoms with Crippen LogP contribution in [0.5, 0.6) is 0 Å². The predicted molar refractivity (Wildman–Crippen MR) is 282 cm³/mol. The third kappa shape index (κ3) is 28.0. The first-order valence-electron chi connectivity index (χ1n) is 27.3. The third-order valence-electron chi connectivity index (χ3n) is 12.4. The Morgan fingerprint density at radius 2 is 0.606 bits per heavy atom. The number of ether oxygens (including phenoxy) is 9. The quantitative estimate of drug-likeness (QED) is 0.0561. The van der Waals surface area contributed by atoms with Crippen molar-refractivity contribution in [3.8, 4) is 0 Å². The van der Waals surface area contributed by atoms with Gasteiger partial charge in [0.15, 0.2) is 12.6 Å². The molecule has 0 aromatic rings. The third-order valence-corrected chi connectivity index (χ3v) is 14.6. The van der Waals surface area contributed by atoms with Gasteiger partial charge in [-0.3, -0.25) is 0 Å². The highest BCUT2D eigenvalue weighted by atomic mass is 35.5. The Morgan fingerprint density at radius 1 is 0.348 bits per heavy atom. The second kappa shape index (κ2) is 45.4. The molecule has 0 bridgehead atoms. The fourth-order valence-electron chi connectivity index (χ4n) is 8.57. The van der Waals surface area contributed by atoms with Crippen molar-refractivity contribution in [2.24, 2.45) is 11.5 Å². The molecular formula is C52H105ClN2O9S2. The van der Waals surface area contributed by atoms with Gasteiger partial charge >= 0.3 is 0 Å². The Morgan fingerprint density at radius 3 is 0.864 bits per heavy atom. The summed E-state index contributed by atoms with van der Waals surface area (Å²) in [6, 6.07) is 0. The van der Waals surface area contributed by atoms with E-state index in [1.807, 2.05) is 0 Å². The minimum atomic E-state index is -0.796. The topological polar surface area (TPSA) is 135 Å². The molecule has 2 fully saturated rings. The fraction of sp³-hybridized carbons (Fsp3) is 1.00. The average Bonchev–Trinajstić information content (AvgIpc) is 3.31. The molecule has 0 aromatic heterocycles. The number of unbranched alkanes of at least 4 members (excludes halogenated alkanes) is 18. The molecular weight excluding hydrogens is 896 g/mol. The van der Waals surface area contributed by atoms with Gasteiger partial charge in [0.1, 0.15) is 36.6 Å². The van der Waals surface area contributed by atoms with Crippen molar-refractivity contribution in [1.82, 2.24) is 0 Å². The van der Waals surface area contributed by atoms with Gasteiger partial charge in [0, 0.05) is 75.7 Å². The summed E-state index contributed by atoms with van der Waals surface area (Å²) >= 11 is 3.59. The van der Waals surface area contributed by atoms with Crippen molar-refractivity contribution >= 4 is 35.9 Å². The van der Waals surface area contributed by atoms with E-state index in [0.29, 0.717) is 64.2 Å². The zero-order chi connectivity index (χ0) is 47.0. The maximum Gasteiger partial charge on any atom is 0.190 e. The monoisotopic (exact) mass is 1000 g/mol. The number of hydrogen-bond acceptors (Lipinski definition) is 13. The molecule has 0 saturated carbocycles. The van der Waals surface area contributed by atoms with Gasteiger partial charge in [-0.25, -0.2) is 0 Å². The van der Waals surface area contributed by atoms with Crippen molar-refractivity contribution in [2.45, 2.75) is 257 Å². The second-order valence-corrected chi connectivity index (χ2v) is 20.6. The van der Waals surface area contributed by atoms with Crippen LogP contribution in [-0.4, -0.2) is 137 Å². The summed E-state index contributed by atoms with van der Waals surface area (Å²) in [4.78, 5) is 0. The van der Waals surface area contributed by atoms with E-state index >= 15 is 0 Å². The van der Waals surface area contributed by atoms with Crippen LogP contribution in [0.2, 0.25) is 0 Å². The Hall–Kier alpha value is 0.550. The smallest absolute Gasteiger partial charge is 0.190 e. The van der Waals surface area contributed by atoms with Gasteiger partial charge in [0.05, 0.1) is 12.2 Å². The molecule has 10 atom stereocenters. The predicted octanol–water partition coefficient (Wildman–Crippen LogP) is 12.1. The summed E-state index contributed by atoms with van der Waals surface area (Å²) in [6.07, 6.45) is 22.0. The summed E-state index contributed by atoms with van der Waals surface area (Å²) in [5.74, 6) is 3.06. The SMILES string of the molecule is CCCCCCO[C@@H]1[C@H](OCCCCCC)[C@@H](O[C@H]2O[C@H](CSCCN)[C@@H](OCCCCCC)[C@H](OCCCCCC)[C@H]2OCCCCCC)O[C@H](CSCCN)[C@H]1OCCCCCC.Cl. The molecule has 4 N–H and O–H groups in total. The Bertz CT molecular complexity index is 959. The maximum atomic E-state index is 7.32. The van der Waals surface area contributed by atoms with Crippen LogP contribution in [-0.2, 0) is 42.6 Å². The van der Waals surface area contributed by atoms with Crippen molar-refractivity contribution < 1.29 is 42.6 Å². The van der Waals surface area contributed by atoms with E-state index in [0.717, 1.165) is 101 Å². The molecule has 2 saturated heterocycles. The van der Waals surface area contributed by atoms with Crippen molar-refractivity contribution in [1.29, 1.82) is 0 Å². The zero-order valence-electron chi connectivity index (χ0n) is 43.3. The summed E-state index contributed by atoms with van der Waals surface area (Å²) in [6.45, 7) is 18.4. The van der Waals surface area contributed by atoms with Crippen LogP contribution in [0, 0.1) is 0 Å². The number of nitrogens with two attached hydrogens (primary N) is 2. The van der Waals surface area contributed by atoms with Gasteiger partial charge < -0.3 is 54.1 Å². The largest absolute Gasteiger partial charge is 0.373 e. The average molecular weight is 1000 g/mol. The lowest BCUT2D eigenvalue weighted by atomic mass is 9.97. The van der Waals surface area contributed by atoms with E-state index in [1.54, 1.807) is 23.5 Å². The highest BCUT2D eigenvalue weighted by molar-refractivity contribution is 7.99. The zero-order valence-corrected chi connectivity index (χ0v) is 45.7. The molecule has 11 nitrogen and oxygen atoms in total. The molecule has 2 rings (SSSR count). The van der Waals surface area contributed by atoms with Gasteiger partial charge in [-0.05, 0) is 38.5 Å². The van der Waals surface area contributed by atoms with E-state index in [1.165, 1.54) is 64.2 Å². The van der Waals surface area contributed by atoms with Gasteiger partial charge in [-0.1, -0.05) is 157 Å². The molecule has 0 aromatic carbocycles. The summed E-state index contributed by atoms with van der Waals surface area (Å²) in [7, 11) is 0. The van der Waals surface area contributed by atoms with Gasteiger partial charge in [0.2, 0.25) is 0 Å². The first-order chi connectivity index (χ1) is 32.0. The van der Waals surface area contributed by atoms with E-state index < -0.39 is 37.0 Å². The van der Waals surface area contributed by atoms with Crippen LogP contribution in [0.4, 0.5) is 0 Å². The molecule has 66 heavy (non-hydrogen) atoms. The highest BCUT2D eigenvalue weighted by Gasteiger charge is 2.54. The van der Waals surface area contributed by atoms with Crippen LogP contribution in [0.25, 0.3) is 0 Å². The molecule has 0 radical (unpaired) electrons. The molecule has 396 valence electrons. The second-order valence-electron chi connectivity index (χ2n) is 18.3. The lowest BCUT2D eigenvalue weighted by Crippen LogP contribution is -2.66. The van der Waals surface area contributed by atoms with E-state index in [4.69, 9.17) is 54.1 Å². The molecule has 14 heteroatoms. The summed E-state index contributed by atoms with van der Waals surface area (Å²) < 4.78 is 63.4. The number of thioether (sulfide) groups is 2. The first kappa shape index (κ1) is 64.6. The lowest BCUT2D eigenvalue weighted by Gasteiger charge is -2.50. The Kier molecular flexibility index (Phi) is 44.4. The summed E-state index contributed by atoms with van der Waals surface area (Å²) in [5, 5.41) is 0. The van der Waals surface area contributed by atoms with Gasteiger partial charge in [-0.2, -0.15) is 23.5 Å². The van der Waals surface area contributed by atoms with E-state index in [2.05, 4.69) is 41.5 Å². The van der Waals surface area contributed by atoms with Gasteiger partial charge in [-0.15, -0.1) is 12.4 Å². The van der Waals surface area contributed by atoms with E-state index in [9.17, 15) is 0 Å². The minimum Gasteiger partial charge on any atom is -0.373 e. The minimum absolute atomic E-state index is 0. The van der Waals surface area contributed by atoms with Crippen LogP contribution < -0.4 is 11.5 Å². The standard InChI is InChI=1S/C52H104N2O9S2.ClH/c1-7-13-19-25-33-55-45-43(41-64-39-31-53)61-51(49(59-37-29-23-17-11-5)47(45)57-35-27-21-15-9-3)63-52-50(60-38-30-24-18-12-6)48(58-36-28-22-16-10-4)46(56-34-26-20-14-8-2)44(62-52)42-65-40-32-54;/h43-52H,7-42,53-54H2,1-6H3;1H/t43-,44-,45-,46-,47+,48+,49-,50+,51-,52-;/m1./s1. The van der Waals surface area contributed by atoms with Crippen LogP contribution in [0.1, 0.15) is 196 Å². The number of halogens is 1. The van der Waals surface area contributed by atoms with Gasteiger partial charge in [0.25, 0.3) is 0 Å². The molecule has 0 aliphatic carbocycles. The molecule has 2 aliphatic heterocycles. The fourth-order valence-corrected chi connectivity index (χ4v) is 10.2. The maximum absolute atomic E-state index is 7.32. The molecule has 2 heterocycles. The normalized spacial score (nSPS) is 25.6. The van der Waals surface area contributed by atoms with Crippen LogP contribution in [0.15, 0.2) is 0 Å². The summed E-state index contributed by atoms with van der Waals surface area (Å²) in [5.41, 5.74) is 12.1. The van der Waals surface area contributed by atoms with Crippen LogP contribution in [0.3, 0.4) is 0 Å². The molecule has 2 aliphatic rings. The number of hydrogen-bond donors (Lipinski definition) is 2. The lowest BCUT2D eigenvalue weighted by molar-refractivity contribution is -0.384. The molecule has 0 unspecified atom stereocenters. The highest BCUT2D eigenvalue weighted by Crippen LogP contribution is 2.37. The molecule has 0 amide bonds. The van der Waals surface area contributed by atoms with Crippen molar-refractivity contribution in [3.63, 3.8) is 0 Å². The Balaban J connectivity index is 0.0000218. The first-order valence-corrected chi connectivity index (χ1v) is 29.6.